The lowest BCUT2D eigenvalue weighted by atomic mass is 10.1. The molecule has 5 rings (SSSR count). The van der Waals surface area contributed by atoms with Gasteiger partial charge < -0.3 is 15.8 Å². The Labute approximate surface area is 252 Å². The van der Waals surface area contributed by atoms with Crippen molar-refractivity contribution in [3.63, 3.8) is 0 Å². The molecule has 0 aliphatic heterocycles. The standard InChI is InChI=1S/C30H25ClN6O5S/c31-29-23(10-5-14-33-29)30(38)34-15-6-16-42-26-11-4-3-9-22(26)24-13-12-19(18-35-24)36-37-25-17-27(43(39,40)41)20-7-1-2-8-21(20)28(25)32/h1-5,7-14,17-18H,6,15-16,32H2,(H,34,38)(H,39,40,41)/b37-36+. The summed E-state index contributed by atoms with van der Waals surface area (Å²) in [6.45, 7) is 0.737. The molecule has 1 amide bonds. The van der Waals surface area contributed by atoms with Gasteiger partial charge in [0.2, 0.25) is 0 Å². The van der Waals surface area contributed by atoms with E-state index in [1.54, 1.807) is 48.5 Å². The number of hydrogen-bond donors (Lipinski definition) is 3. The number of ether oxygens (including phenoxy) is 1. The normalized spacial score (nSPS) is 11.6. The maximum Gasteiger partial charge on any atom is 0.295 e. The summed E-state index contributed by atoms with van der Waals surface area (Å²) in [5.41, 5.74) is 8.65. The number of benzene rings is 3. The van der Waals surface area contributed by atoms with Gasteiger partial charge in [-0.25, -0.2) is 4.98 Å². The molecule has 0 saturated heterocycles. The molecule has 0 bridgehead atoms. The predicted molar refractivity (Wildman–Crippen MR) is 164 cm³/mol. The quantitative estimate of drug-likeness (QED) is 0.0532. The summed E-state index contributed by atoms with van der Waals surface area (Å²) >= 11 is 5.97. The minimum Gasteiger partial charge on any atom is -0.493 e. The Bertz CT molecular complexity index is 1930. The zero-order valence-electron chi connectivity index (χ0n) is 22.5. The minimum absolute atomic E-state index is 0.0915. The Morgan fingerprint density at radius 3 is 2.49 bits per heavy atom. The fraction of sp³-hybridized carbons (Fsp3) is 0.100. The molecule has 5 aromatic rings. The minimum atomic E-state index is -4.53. The van der Waals surface area contributed by atoms with Crippen LogP contribution >= 0.6 is 11.6 Å². The molecule has 11 nitrogen and oxygen atoms in total. The monoisotopic (exact) mass is 616 g/mol. The second-order valence-corrected chi connectivity index (χ2v) is 11.0. The van der Waals surface area contributed by atoms with Crippen molar-refractivity contribution in [1.29, 1.82) is 0 Å². The van der Waals surface area contributed by atoms with Crippen LogP contribution in [-0.2, 0) is 10.1 Å². The molecule has 4 N–H and O–H groups in total. The number of nitrogen functional groups attached to an aromatic ring is 1. The van der Waals surface area contributed by atoms with Crippen LogP contribution in [0.2, 0.25) is 5.15 Å². The topological polar surface area (TPSA) is 169 Å². The number of nitrogens with zero attached hydrogens (tertiary/aromatic N) is 4. The average molecular weight is 617 g/mol. The molecular weight excluding hydrogens is 592 g/mol. The molecule has 43 heavy (non-hydrogen) atoms. The van der Waals surface area contributed by atoms with E-state index < -0.39 is 10.1 Å². The van der Waals surface area contributed by atoms with Crippen molar-refractivity contribution in [2.75, 3.05) is 18.9 Å². The average Bonchev–Trinajstić information content (AvgIpc) is 3.01. The number of fused-ring (bicyclic) bond motifs is 1. The van der Waals surface area contributed by atoms with Gasteiger partial charge in [0, 0.05) is 29.1 Å². The van der Waals surface area contributed by atoms with E-state index in [-0.39, 0.29) is 32.7 Å². The van der Waals surface area contributed by atoms with E-state index in [1.807, 2.05) is 24.3 Å². The van der Waals surface area contributed by atoms with Crippen LogP contribution in [0.25, 0.3) is 22.0 Å². The van der Waals surface area contributed by atoms with Crippen molar-refractivity contribution in [3.05, 3.63) is 102 Å². The van der Waals surface area contributed by atoms with Crippen LogP contribution in [-0.4, -0.2) is 42.0 Å². The first-order valence-corrected chi connectivity index (χ1v) is 14.8. The molecule has 0 saturated carbocycles. The zero-order valence-corrected chi connectivity index (χ0v) is 24.1. The van der Waals surface area contributed by atoms with Crippen LogP contribution in [0.5, 0.6) is 5.75 Å². The first-order chi connectivity index (χ1) is 20.7. The molecule has 0 radical (unpaired) electrons. The Morgan fingerprint density at radius 1 is 0.977 bits per heavy atom. The first-order valence-electron chi connectivity index (χ1n) is 13.0. The van der Waals surface area contributed by atoms with E-state index in [0.29, 0.717) is 47.7 Å². The Balaban J connectivity index is 1.25. The van der Waals surface area contributed by atoms with Crippen LogP contribution in [0.4, 0.5) is 17.1 Å². The molecule has 2 aromatic heterocycles. The Hall–Kier alpha value is -4.91. The second-order valence-electron chi connectivity index (χ2n) is 9.23. The number of aromatic nitrogens is 2. The maximum absolute atomic E-state index is 12.3. The van der Waals surface area contributed by atoms with E-state index in [0.717, 1.165) is 5.56 Å². The van der Waals surface area contributed by atoms with E-state index in [2.05, 4.69) is 25.5 Å². The summed E-state index contributed by atoms with van der Waals surface area (Å²) < 4.78 is 39.6. The van der Waals surface area contributed by atoms with Gasteiger partial charge in [0.15, 0.2) is 0 Å². The van der Waals surface area contributed by atoms with Gasteiger partial charge >= 0.3 is 0 Å². The Kier molecular flexibility index (Phi) is 8.90. The number of anilines is 1. The van der Waals surface area contributed by atoms with Crippen molar-refractivity contribution in [3.8, 4) is 17.0 Å². The molecule has 0 aliphatic rings. The van der Waals surface area contributed by atoms with E-state index in [9.17, 15) is 17.8 Å². The van der Waals surface area contributed by atoms with Gasteiger partial charge in [-0.1, -0.05) is 48.0 Å². The fourth-order valence-corrected chi connectivity index (χ4v) is 5.20. The lowest BCUT2D eigenvalue weighted by Crippen LogP contribution is -2.26. The van der Waals surface area contributed by atoms with Crippen LogP contribution in [0.1, 0.15) is 16.8 Å². The summed E-state index contributed by atoms with van der Waals surface area (Å²) in [4.78, 5) is 20.4. The molecule has 0 aliphatic carbocycles. The molecule has 0 spiro atoms. The van der Waals surface area contributed by atoms with Crippen LogP contribution < -0.4 is 15.8 Å². The third kappa shape index (κ3) is 6.95. The smallest absolute Gasteiger partial charge is 0.295 e. The highest BCUT2D eigenvalue weighted by atomic mass is 35.5. The molecule has 3 aromatic carbocycles. The SMILES string of the molecule is Nc1c(/N=N/c2ccc(-c3ccccc3OCCCNC(=O)c3cccnc3Cl)nc2)cc(S(=O)(=O)O)c2ccccc12. The number of pyridine rings is 2. The summed E-state index contributed by atoms with van der Waals surface area (Å²) in [5, 5.41) is 12.0. The van der Waals surface area contributed by atoms with Crippen LogP contribution in [0, 0.1) is 0 Å². The summed E-state index contributed by atoms with van der Waals surface area (Å²) in [6.07, 6.45) is 3.58. The van der Waals surface area contributed by atoms with Crippen molar-refractivity contribution >= 4 is 55.5 Å². The highest BCUT2D eigenvalue weighted by Gasteiger charge is 2.18. The van der Waals surface area contributed by atoms with Gasteiger partial charge in [-0.2, -0.15) is 8.42 Å². The summed E-state index contributed by atoms with van der Waals surface area (Å²) in [5.74, 6) is 0.315. The predicted octanol–water partition coefficient (Wildman–Crippen LogP) is 6.39. The first kappa shape index (κ1) is 29.6. The Morgan fingerprint density at radius 2 is 1.74 bits per heavy atom. The molecule has 13 heteroatoms. The van der Waals surface area contributed by atoms with Gasteiger partial charge in [-0.15, -0.1) is 10.2 Å². The molecule has 2 heterocycles. The van der Waals surface area contributed by atoms with Gasteiger partial charge in [0.05, 0.1) is 29.7 Å². The highest BCUT2D eigenvalue weighted by Crippen LogP contribution is 2.37. The molecule has 0 unspecified atom stereocenters. The number of carbonyl (C=O) groups is 1. The summed E-state index contributed by atoms with van der Waals surface area (Å²) in [7, 11) is -4.53. The fourth-order valence-electron chi connectivity index (χ4n) is 4.27. The lowest BCUT2D eigenvalue weighted by Gasteiger charge is -2.12. The van der Waals surface area contributed by atoms with E-state index >= 15 is 0 Å². The van der Waals surface area contributed by atoms with E-state index in [4.69, 9.17) is 22.1 Å². The highest BCUT2D eigenvalue weighted by molar-refractivity contribution is 7.86. The number of rotatable bonds is 10. The number of carbonyl (C=O) groups excluding carboxylic acids is 1. The number of hydrogen-bond acceptors (Lipinski definition) is 9. The summed E-state index contributed by atoms with van der Waals surface area (Å²) in [6, 6.07) is 21.9. The van der Waals surface area contributed by atoms with Gasteiger partial charge in [-0.05, 0) is 48.9 Å². The molecule has 218 valence electrons. The maximum atomic E-state index is 12.3. The second kappa shape index (κ2) is 12.9. The van der Waals surface area contributed by atoms with E-state index in [1.165, 1.54) is 18.5 Å². The molecular formula is C30H25ClN6O5S. The number of amides is 1. The zero-order chi connectivity index (χ0) is 30.4. The largest absolute Gasteiger partial charge is 0.493 e. The number of nitrogens with two attached hydrogens (primary N) is 1. The number of para-hydroxylation sites is 1. The van der Waals surface area contributed by atoms with Crippen molar-refractivity contribution in [2.24, 2.45) is 10.2 Å². The third-order valence-corrected chi connectivity index (χ3v) is 7.55. The number of halogens is 1. The lowest BCUT2D eigenvalue weighted by molar-refractivity contribution is 0.0951. The number of nitrogens with one attached hydrogen (secondary N) is 1. The van der Waals surface area contributed by atoms with Crippen molar-refractivity contribution < 1.29 is 22.5 Å². The number of azo groups is 1. The van der Waals surface area contributed by atoms with Gasteiger partial charge in [-0.3, -0.25) is 14.3 Å². The molecule has 0 fully saturated rings. The van der Waals surface area contributed by atoms with Crippen molar-refractivity contribution in [2.45, 2.75) is 11.3 Å². The molecule has 0 atom stereocenters. The third-order valence-electron chi connectivity index (χ3n) is 6.36. The van der Waals surface area contributed by atoms with Crippen LogP contribution in [0.3, 0.4) is 0 Å². The van der Waals surface area contributed by atoms with Gasteiger partial charge in [0.25, 0.3) is 16.0 Å². The van der Waals surface area contributed by atoms with Crippen molar-refractivity contribution in [1.82, 2.24) is 15.3 Å². The van der Waals surface area contributed by atoms with Crippen LogP contribution in [0.15, 0.2) is 106 Å². The van der Waals surface area contributed by atoms with Gasteiger partial charge in [0.1, 0.15) is 27.2 Å².